The van der Waals surface area contributed by atoms with Gasteiger partial charge in [0.1, 0.15) is 0 Å². The lowest BCUT2D eigenvalue weighted by atomic mass is 9.75. The first-order valence-corrected chi connectivity index (χ1v) is 8.84. The average Bonchev–Trinajstić information content (AvgIpc) is 2.35. The van der Waals surface area contributed by atoms with Crippen LogP contribution >= 0.6 is 11.8 Å². The molecule has 2 nitrogen and oxygen atoms in total. The lowest BCUT2D eigenvalue weighted by molar-refractivity contribution is -0.140. The zero-order valence-electron chi connectivity index (χ0n) is 14.2. The van der Waals surface area contributed by atoms with Crippen LogP contribution in [0.2, 0.25) is 0 Å². The Morgan fingerprint density at radius 3 is 1.85 bits per heavy atom. The first-order chi connectivity index (χ1) is 9.14. The van der Waals surface area contributed by atoms with Crippen molar-refractivity contribution in [1.82, 2.24) is 0 Å². The van der Waals surface area contributed by atoms with Crippen LogP contribution in [0.1, 0.15) is 80.1 Å². The third-order valence-corrected chi connectivity index (χ3v) is 4.76. The Bertz CT molecular complexity index is 313. The third-order valence-electron chi connectivity index (χ3n) is 3.49. The molecule has 0 saturated carbocycles. The summed E-state index contributed by atoms with van der Waals surface area (Å²) in [6, 6.07) is 0. The Hall–Kier alpha value is -0.310. The minimum absolute atomic E-state index is 0.0194. The molecule has 0 atom stereocenters. The Morgan fingerprint density at radius 1 is 0.850 bits per heavy atom. The van der Waals surface area contributed by atoms with Crippen LogP contribution in [0, 0.1) is 10.8 Å². The number of carbonyl (C=O) groups excluding carboxylic acids is 2. The molecule has 0 N–H and O–H groups in total. The number of rotatable bonds is 9. The molecule has 3 heteroatoms. The van der Waals surface area contributed by atoms with Crippen LogP contribution in [-0.4, -0.2) is 16.7 Å². The van der Waals surface area contributed by atoms with Gasteiger partial charge in [-0.25, -0.2) is 0 Å². The van der Waals surface area contributed by atoms with E-state index in [-0.39, 0.29) is 10.9 Å². The predicted octanol–water partition coefficient (Wildman–Crippen LogP) is 5.25. The Kier molecular flexibility index (Phi) is 8.72. The second-order valence-electron chi connectivity index (χ2n) is 7.11. The molecule has 0 aromatic heterocycles. The summed E-state index contributed by atoms with van der Waals surface area (Å²) in [7, 11) is 0. The molecule has 0 saturated heterocycles. The van der Waals surface area contributed by atoms with E-state index in [1.54, 1.807) is 13.8 Å². The van der Waals surface area contributed by atoms with Gasteiger partial charge in [-0.2, -0.15) is 0 Å². The minimum atomic E-state index is -0.870. The van der Waals surface area contributed by atoms with E-state index in [2.05, 4.69) is 6.92 Å². The first kappa shape index (κ1) is 19.7. The SMILES string of the molecule is CCCCCCCCSC(=O)C(C)(C)C(=O)C(C)(C)C. The van der Waals surface area contributed by atoms with Crippen molar-refractivity contribution in [2.75, 3.05) is 5.75 Å². The van der Waals surface area contributed by atoms with E-state index in [1.807, 2.05) is 20.8 Å². The van der Waals surface area contributed by atoms with Crippen molar-refractivity contribution in [3.63, 3.8) is 0 Å². The fraction of sp³-hybridized carbons (Fsp3) is 0.882. The lowest BCUT2D eigenvalue weighted by Gasteiger charge is -2.29. The van der Waals surface area contributed by atoms with Gasteiger partial charge >= 0.3 is 0 Å². The molecule has 0 aliphatic carbocycles. The maximum absolute atomic E-state index is 12.3. The lowest BCUT2D eigenvalue weighted by Crippen LogP contribution is -2.39. The van der Waals surface area contributed by atoms with Gasteiger partial charge in [0.25, 0.3) is 0 Å². The number of thioether (sulfide) groups is 1. The molecule has 0 spiro atoms. The second-order valence-corrected chi connectivity index (χ2v) is 8.18. The van der Waals surface area contributed by atoms with Crippen LogP contribution in [0.15, 0.2) is 0 Å². The van der Waals surface area contributed by atoms with Crippen molar-refractivity contribution < 1.29 is 9.59 Å². The van der Waals surface area contributed by atoms with Crippen molar-refractivity contribution in [2.45, 2.75) is 80.1 Å². The molecular formula is C17H32O2S. The zero-order chi connectivity index (χ0) is 15.8. The quantitative estimate of drug-likeness (QED) is 0.431. The minimum Gasteiger partial charge on any atom is -0.298 e. The van der Waals surface area contributed by atoms with Crippen LogP contribution in [0.25, 0.3) is 0 Å². The summed E-state index contributed by atoms with van der Waals surface area (Å²) in [5, 5.41) is 0.0194. The van der Waals surface area contributed by atoms with Crippen LogP contribution in [0.5, 0.6) is 0 Å². The standard InChI is InChI=1S/C17H32O2S/c1-7-8-9-10-11-12-13-20-15(19)17(5,6)14(18)16(2,3)4/h7-13H2,1-6H3. The van der Waals surface area contributed by atoms with Gasteiger partial charge < -0.3 is 0 Å². The molecule has 0 bridgehead atoms. The second kappa shape index (κ2) is 8.86. The molecule has 0 aliphatic heterocycles. The summed E-state index contributed by atoms with van der Waals surface area (Å²) in [6.07, 6.45) is 7.37. The Morgan fingerprint density at radius 2 is 1.35 bits per heavy atom. The van der Waals surface area contributed by atoms with E-state index >= 15 is 0 Å². The van der Waals surface area contributed by atoms with Crippen molar-refractivity contribution in [3.05, 3.63) is 0 Å². The van der Waals surface area contributed by atoms with Gasteiger partial charge in [-0.05, 0) is 20.3 Å². The van der Waals surface area contributed by atoms with Gasteiger partial charge in [-0.3, -0.25) is 9.59 Å². The maximum Gasteiger partial charge on any atom is 0.201 e. The number of carbonyl (C=O) groups is 2. The summed E-state index contributed by atoms with van der Waals surface area (Å²) >= 11 is 1.33. The predicted molar refractivity (Wildman–Crippen MR) is 89.1 cm³/mol. The summed E-state index contributed by atoms with van der Waals surface area (Å²) in [5.74, 6) is 0.872. The summed E-state index contributed by atoms with van der Waals surface area (Å²) in [4.78, 5) is 24.5. The maximum atomic E-state index is 12.3. The smallest absolute Gasteiger partial charge is 0.201 e. The zero-order valence-corrected chi connectivity index (χ0v) is 15.0. The van der Waals surface area contributed by atoms with Crippen molar-refractivity contribution in [1.29, 1.82) is 0 Å². The molecule has 0 fully saturated rings. The van der Waals surface area contributed by atoms with E-state index in [9.17, 15) is 9.59 Å². The number of hydrogen-bond acceptors (Lipinski definition) is 3. The van der Waals surface area contributed by atoms with E-state index in [1.165, 1.54) is 43.9 Å². The molecule has 20 heavy (non-hydrogen) atoms. The highest BCUT2D eigenvalue weighted by Gasteiger charge is 2.41. The van der Waals surface area contributed by atoms with Crippen molar-refractivity contribution in [2.24, 2.45) is 10.8 Å². The van der Waals surface area contributed by atoms with Crippen LogP contribution in [0.4, 0.5) is 0 Å². The molecule has 0 amide bonds. The molecule has 0 radical (unpaired) electrons. The Balaban J connectivity index is 4.05. The van der Waals surface area contributed by atoms with Crippen LogP contribution < -0.4 is 0 Å². The highest BCUT2D eigenvalue weighted by molar-refractivity contribution is 8.13. The monoisotopic (exact) mass is 300 g/mol. The van der Waals surface area contributed by atoms with Crippen LogP contribution in [0.3, 0.4) is 0 Å². The Labute approximate surface area is 129 Å². The molecule has 118 valence electrons. The summed E-state index contributed by atoms with van der Waals surface area (Å²) < 4.78 is 0. The number of hydrogen-bond donors (Lipinski definition) is 0. The third kappa shape index (κ3) is 6.92. The van der Waals surface area contributed by atoms with Gasteiger partial charge in [0.15, 0.2) is 5.78 Å². The van der Waals surface area contributed by atoms with Gasteiger partial charge in [0, 0.05) is 11.2 Å². The normalized spacial score (nSPS) is 12.5. The highest BCUT2D eigenvalue weighted by atomic mass is 32.2. The number of Topliss-reactive ketones (excluding diaryl/α,β-unsaturated/α-hetero) is 1. The van der Waals surface area contributed by atoms with Gasteiger partial charge in [-0.1, -0.05) is 71.6 Å². The summed E-state index contributed by atoms with van der Waals surface area (Å²) in [5.41, 5.74) is -1.33. The highest BCUT2D eigenvalue weighted by Crippen LogP contribution is 2.33. The number of unbranched alkanes of at least 4 members (excludes halogenated alkanes) is 5. The van der Waals surface area contributed by atoms with Gasteiger partial charge in [0.2, 0.25) is 5.12 Å². The largest absolute Gasteiger partial charge is 0.298 e. The molecular weight excluding hydrogens is 268 g/mol. The van der Waals surface area contributed by atoms with Gasteiger partial charge in [0.05, 0.1) is 5.41 Å². The summed E-state index contributed by atoms with van der Waals surface area (Å²) in [6.45, 7) is 11.4. The number of ketones is 1. The van der Waals surface area contributed by atoms with Crippen LogP contribution in [-0.2, 0) is 9.59 Å². The first-order valence-electron chi connectivity index (χ1n) is 7.86. The molecule has 0 aliphatic rings. The molecule has 0 rings (SSSR count). The van der Waals surface area contributed by atoms with Crippen molar-refractivity contribution >= 4 is 22.7 Å². The van der Waals surface area contributed by atoms with E-state index in [0.29, 0.717) is 0 Å². The fourth-order valence-electron chi connectivity index (χ4n) is 2.26. The van der Waals surface area contributed by atoms with E-state index < -0.39 is 10.8 Å². The average molecular weight is 301 g/mol. The van der Waals surface area contributed by atoms with Gasteiger partial charge in [-0.15, -0.1) is 0 Å². The van der Waals surface area contributed by atoms with E-state index in [0.717, 1.165) is 12.2 Å². The topological polar surface area (TPSA) is 34.1 Å². The molecule has 0 aromatic carbocycles. The fourth-order valence-corrected chi connectivity index (χ4v) is 3.25. The molecule has 0 heterocycles. The molecule has 0 unspecified atom stereocenters. The van der Waals surface area contributed by atoms with E-state index in [4.69, 9.17) is 0 Å². The van der Waals surface area contributed by atoms with Crippen molar-refractivity contribution in [3.8, 4) is 0 Å². The molecule has 0 aromatic rings.